The van der Waals surface area contributed by atoms with Crippen LogP contribution in [0.15, 0.2) is 60.7 Å². The molecule has 3 aromatic carbocycles. The molecule has 0 aliphatic rings. The third-order valence-corrected chi connectivity index (χ3v) is 4.37. The van der Waals surface area contributed by atoms with E-state index in [1.165, 1.54) is 61.5 Å². The van der Waals surface area contributed by atoms with Crippen molar-refractivity contribution in [1.29, 1.82) is 0 Å². The van der Waals surface area contributed by atoms with Crippen LogP contribution in [0.25, 0.3) is 22.3 Å². The summed E-state index contributed by atoms with van der Waals surface area (Å²) in [6.45, 7) is 1.47. The fourth-order valence-corrected chi connectivity index (χ4v) is 3.25. The fraction of sp³-hybridized carbons (Fsp3) is 0.182. The monoisotopic (exact) mass is 393 g/mol. The molecule has 0 saturated carbocycles. The average Bonchev–Trinajstić information content (AvgIpc) is 2.66. The van der Waals surface area contributed by atoms with Gasteiger partial charge < -0.3 is 0 Å². The molecule has 1 radical (unpaired) electrons. The van der Waals surface area contributed by atoms with Crippen LogP contribution in [0.5, 0.6) is 0 Å². The van der Waals surface area contributed by atoms with Crippen LogP contribution in [-0.4, -0.2) is 0 Å². The van der Waals surface area contributed by atoms with Gasteiger partial charge in [-0.25, -0.2) is 0 Å². The van der Waals surface area contributed by atoms with Gasteiger partial charge in [0.25, 0.3) is 0 Å². The Balaban J connectivity index is 2.55. The predicted molar refractivity (Wildman–Crippen MR) is 95.5 cm³/mol. The molecule has 0 unspecified atom stereocenters. The van der Waals surface area contributed by atoms with E-state index in [1.54, 1.807) is 6.07 Å². The van der Waals surface area contributed by atoms with Crippen LogP contribution in [0.3, 0.4) is 0 Å². The van der Waals surface area contributed by atoms with Crippen molar-refractivity contribution in [3.8, 4) is 22.3 Å². The largest absolute Gasteiger partial charge is 0.417 e. The van der Waals surface area contributed by atoms with E-state index >= 15 is 0 Å². The highest BCUT2D eigenvalue weighted by molar-refractivity contribution is 5.83. The molecule has 0 aliphatic carbocycles. The van der Waals surface area contributed by atoms with E-state index in [9.17, 15) is 26.3 Å². The summed E-state index contributed by atoms with van der Waals surface area (Å²) in [5.41, 5.74) is -4.11. The average molecular weight is 393 g/mol. The highest BCUT2D eigenvalue weighted by Gasteiger charge is 2.44. The summed E-state index contributed by atoms with van der Waals surface area (Å²) in [4.78, 5) is 0. The van der Waals surface area contributed by atoms with Gasteiger partial charge >= 0.3 is 12.4 Å². The third kappa shape index (κ3) is 3.77. The molecule has 0 amide bonds. The molecule has 0 aromatic heterocycles. The summed E-state index contributed by atoms with van der Waals surface area (Å²) in [6.07, 6.45) is -10.1. The van der Waals surface area contributed by atoms with Gasteiger partial charge in [0.05, 0.1) is 11.1 Å². The summed E-state index contributed by atoms with van der Waals surface area (Å²) >= 11 is 0. The second-order valence-electron chi connectivity index (χ2n) is 6.18. The van der Waals surface area contributed by atoms with Crippen molar-refractivity contribution in [1.82, 2.24) is 0 Å². The maximum absolute atomic E-state index is 14.1. The van der Waals surface area contributed by atoms with E-state index in [-0.39, 0.29) is 28.7 Å². The standard InChI is InChI=1S/C22H15F6/c1-2-14-13-17(15-9-5-3-6-10-15)20(22(26,27)28)18(19(14)21(23,24)25)16-11-7-4-8-12-16/h3-12H,2H2,1H3. The van der Waals surface area contributed by atoms with E-state index < -0.39 is 29.0 Å². The molecule has 0 atom stereocenters. The normalized spacial score (nSPS) is 12.2. The molecule has 3 aromatic rings. The lowest BCUT2D eigenvalue weighted by atomic mass is 9.84. The summed E-state index contributed by atoms with van der Waals surface area (Å²) in [5.74, 6) is 0. The number of halogens is 6. The van der Waals surface area contributed by atoms with Gasteiger partial charge in [0.1, 0.15) is 0 Å². The van der Waals surface area contributed by atoms with Crippen LogP contribution in [0.4, 0.5) is 26.3 Å². The van der Waals surface area contributed by atoms with Crippen molar-refractivity contribution < 1.29 is 26.3 Å². The molecule has 0 spiro atoms. The Bertz CT molecular complexity index is 954. The van der Waals surface area contributed by atoms with Crippen LogP contribution < -0.4 is 0 Å². The van der Waals surface area contributed by atoms with Crippen LogP contribution in [0, 0.1) is 6.07 Å². The molecule has 0 saturated heterocycles. The zero-order chi connectivity index (χ0) is 20.5. The first-order chi connectivity index (χ1) is 13.1. The van der Waals surface area contributed by atoms with Crippen LogP contribution in [-0.2, 0) is 18.8 Å². The molecular formula is C22H15F6. The van der Waals surface area contributed by atoms with Crippen LogP contribution >= 0.6 is 0 Å². The Morgan fingerprint density at radius 3 is 1.57 bits per heavy atom. The number of benzene rings is 3. The Morgan fingerprint density at radius 1 is 0.679 bits per heavy atom. The smallest absolute Gasteiger partial charge is 0.166 e. The van der Waals surface area contributed by atoms with Gasteiger partial charge in [-0.05, 0) is 29.2 Å². The SMILES string of the molecule is CCc1[c]c(-c2ccccc2)c(C(F)(F)F)c(-c2ccccc2)c1C(F)(F)F. The van der Waals surface area contributed by atoms with E-state index in [2.05, 4.69) is 6.07 Å². The minimum absolute atomic E-state index is 0.105. The first-order valence-electron chi connectivity index (χ1n) is 8.52. The lowest BCUT2D eigenvalue weighted by Gasteiger charge is -2.25. The van der Waals surface area contributed by atoms with Gasteiger partial charge in [-0.2, -0.15) is 26.3 Å². The topological polar surface area (TPSA) is 0 Å². The molecule has 145 valence electrons. The van der Waals surface area contributed by atoms with E-state index in [1.807, 2.05) is 0 Å². The number of alkyl halides is 6. The zero-order valence-electron chi connectivity index (χ0n) is 14.7. The molecule has 0 bridgehead atoms. The van der Waals surface area contributed by atoms with Crippen molar-refractivity contribution in [2.24, 2.45) is 0 Å². The third-order valence-electron chi connectivity index (χ3n) is 4.37. The van der Waals surface area contributed by atoms with E-state index in [0.717, 1.165) is 0 Å². The van der Waals surface area contributed by atoms with Crippen LogP contribution in [0.2, 0.25) is 0 Å². The second-order valence-corrected chi connectivity index (χ2v) is 6.18. The lowest BCUT2D eigenvalue weighted by Crippen LogP contribution is -2.18. The summed E-state index contributed by atoms with van der Waals surface area (Å²) in [6, 6.07) is 16.9. The van der Waals surface area contributed by atoms with Gasteiger partial charge in [-0.1, -0.05) is 67.6 Å². The van der Waals surface area contributed by atoms with Crippen molar-refractivity contribution in [3.05, 3.63) is 83.4 Å². The summed E-state index contributed by atoms with van der Waals surface area (Å²) in [5, 5.41) is 0. The van der Waals surface area contributed by atoms with Gasteiger partial charge in [0, 0.05) is 11.1 Å². The molecule has 3 rings (SSSR count). The lowest BCUT2D eigenvalue weighted by molar-refractivity contribution is -0.142. The molecule has 0 N–H and O–H groups in total. The Morgan fingerprint density at radius 2 is 1.14 bits per heavy atom. The molecule has 0 fully saturated rings. The summed E-state index contributed by atoms with van der Waals surface area (Å²) < 4.78 is 84.0. The highest BCUT2D eigenvalue weighted by Crippen LogP contribution is 2.50. The van der Waals surface area contributed by atoms with Crippen molar-refractivity contribution in [2.75, 3.05) is 0 Å². The quantitative estimate of drug-likeness (QED) is 0.406. The summed E-state index contributed by atoms with van der Waals surface area (Å²) in [7, 11) is 0. The Labute approximate surface area is 158 Å². The van der Waals surface area contributed by atoms with Crippen molar-refractivity contribution in [3.63, 3.8) is 0 Å². The van der Waals surface area contributed by atoms with Crippen molar-refractivity contribution >= 4 is 0 Å². The molecular weight excluding hydrogens is 378 g/mol. The first kappa shape index (κ1) is 20.0. The molecule has 0 heterocycles. The predicted octanol–water partition coefficient (Wildman–Crippen LogP) is 7.42. The number of hydrogen-bond acceptors (Lipinski definition) is 0. The minimum atomic E-state index is -5.00. The highest BCUT2D eigenvalue weighted by atomic mass is 19.4. The molecule has 0 aliphatic heterocycles. The van der Waals surface area contributed by atoms with Gasteiger partial charge in [0.15, 0.2) is 0 Å². The Hall–Kier alpha value is -2.76. The van der Waals surface area contributed by atoms with E-state index in [4.69, 9.17) is 0 Å². The maximum Gasteiger partial charge on any atom is 0.417 e. The molecule has 28 heavy (non-hydrogen) atoms. The zero-order valence-corrected chi connectivity index (χ0v) is 14.7. The van der Waals surface area contributed by atoms with Gasteiger partial charge in [-0.15, -0.1) is 0 Å². The van der Waals surface area contributed by atoms with Crippen molar-refractivity contribution in [2.45, 2.75) is 25.7 Å². The maximum atomic E-state index is 14.1. The number of aryl methyl sites for hydroxylation is 1. The van der Waals surface area contributed by atoms with Gasteiger partial charge in [0.2, 0.25) is 0 Å². The molecule has 0 nitrogen and oxygen atoms in total. The fourth-order valence-electron chi connectivity index (χ4n) is 3.25. The number of hydrogen-bond donors (Lipinski definition) is 0. The first-order valence-corrected chi connectivity index (χ1v) is 8.52. The number of rotatable bonds is 3. The van der Waals surface area contributed by atoms with Gasteiger partial charge in [-0.3, -0.25) is 0 Å². The van der Waals surface area contributed by atoms with Crippen LogP contribution in [0.1, 0.15) is 23.6 Å². The van der Waals surface area contributed by atoms with E-state index in [0.29, 0.717) is 0 Å². The molecule has 6 heteroatoms. The second kappa shape index (κ2) is 7.34. The Kier molecular flexibility index (Phi) is 5.24. The minimum Gasteiger partial charge on any atom is -0.166 e.